The summed E-state index contributed by atoms with van der Waals surface area (Å²) in [5.74, 6) is -2.29. The number of fused-ring (bicyclic) bond motifs is 1. The highest BCUT2D eigenvalue weighted by Crippen LogP contribution is 2.38. The van der Waals surface area contributed by atoms with E-state index in [4.69, 9.17) is 9.47 Å². The van der Waals surface area contributed by atoms with Crippen molar-refractivity contribution in [2.45, 2.75) is 65.5 Å². The van der Waals surface area contributed by atoms with E-state index in [2.05, 4.69) is 0 Å². The molecule has 3 unspecified atom stereocenters. The normalized spacial score (nSPS) is 22.9. The van der Waals surface area contributed by atoms with E-state index in [0.717, 1.165) is 29.1 Å². The Balaban J connectivity index is 1.64. The van der Waals surface area contributed by atoms with Gasteiger partial charge < -0.3 is 14.0 Å². The van der Waals surface area contributed by atoms with Gasteiger partial charge in [0, 0.05) is 24.1 Å². The highest BCUT2D eigenvalue weighted by molar-refractivity contribution is 6.08. The van der Waals surface area contributed by atoms with Crippen molar-refractivity contribution in [3.05, 3.63) is 23.0 Å². The van der Waals surface area contributed by atoms with Crippen molar-refractivity contribution in [3.63, 3.8) is 0 Å². The van der Waals surface area contributed by atoms with Gasteiger partial charge in [-0.3, -0.25) is 19.3 Å². The molecule has 8 heteroatoms. The number of methoxy groups -OCH3 is 1. The minimum Gasteiger partial charge on any atom is -0.456 e. The second kappa shape index (κ2) is 9.34. The van der Waals surface area contributed by atoms with E-state index in [1.807, 2.05) is 25.3 Å². The quantitative estimate of drug-likeness (QED) is 0.356. The van der Waals surface area contributed by atoms with Gasteiger partial charge in [0.1, 0.15) is 6.04 Å². The Hall–Kier alpha value is -2.48. The molecule has 8 nitrogen and oxygen atoms in total. The molecule has 2 aliphatic rings. The SMILES string of the molecule is COCC(C)n1c(C)cc(C(=O)COC(=O)[C@H](C)N2C(=O)C3CCCCC3C2=O)c1C. The molecule has 0 aromatic carbocycles. The van der Waals surface area contributed by atoms with E-state index >= 15 is 0 Å². The average molecular weight is 433 g/mol. The van der Waals surface area contributed by atoms with Crippen LogP contribution in [0.15, 0.2) is 6.07 Å². The predicted molar refractivity (Wildman–Crippen MR) is 113 cm³/mol. The van der Waals surface area contributed by atoms with Crippen molar-refractivity contribution < 1.29 is 28.7 Å². The third-order valence-corrected chi connectivity index (χ3v) is 6.58. The first-order valence-corrected chi connectivity index (χ1v) is 10.9. The Labute approximate surface area is 182 Å². The van der Waals surface area contributed by atoms with Gasteiger partial charge in [-0.05, 0) is 46.6 Å². The molecule has 31 heavy (non-hydrogen) atoms. The van der Waals surface area contributed by atoms with Crippen LogP contribution in [-0.2, 0) is 23.9 Å². The number of aromatic nitrogens is 1. The number of carbonyl (C=O) groups excluding carboxylic acids is 4. The molecule has 1 saturated carbocycles. The van der Waals surface area contributed by atoms with E-state index in [9.17, 15) is 19.2 Å². The number of hydrogen-bond acceptors (Lipinski definition) is 6. The molecule has 1 aromatic heterocycles. The second-order valence-corrected chi connectivity index (χ2v) is 8.71. The standard InChI is InChI=1S/C23H32N2O6/c1-13-10-19(15(3)24(13)14(2)11-30-5)20(26)12-31-23(29)16(4)25-21(27)17-8-6-7-9-18(17)22(25)28/h10,14,16-18H,6-9,11-12H2,1-5H3/t14?,16-,17?,18?/m0/s1. The van der Waals surface area contributed by atoms with Gasteiger partial charge in [-0.25, -0.2) is 4.79 Å². The van der Waals surface area contributed by atoms with Crippen LogP contribution >= 0.6 is 0 Å². The number of likely N-dealkylation sites (tertiary alicyclic amines) is 1. The molecular formula is C23H32N2O6. The summed E-state index contributed by atoms with van der Waals surface area (Å²) < 4.78 is 12.5. The predicted octanol–water partition coefficient (Wildman–Crippen LogP) is 2.60. The van der Waals surface area contributed by atoms with Crippen LogP contribution in [0.2, 0.25) is 0 Å². The number of hydrogen-bond donors (Lipinski definition) is 0. The molecule has 3 rings (SSSR count). The first kappa shape index (κ1) is 23.2. The van der Waals surface area contributed by atoms with E-state index in [-0.39, 0.29) is 35.5 Å². The fourth-order valence-electron chi connectivity index (χ4n) is 5.06. The highest BCUT2D eigenvalue weighted by atomic mass is 16.5. The summed E-state index contributed by atoms with van der Waals surface area (Å²) >= 11 is 0. The number of ketones is 1. The first-order chi connectivity index (χ1) is 14.7. The third-order valence-electron chi connectivity index (χ3n) is 6.58. The fourth-order valence-corrected chi connectivity index (χ4v) is 5.06. The van der Waals surface area contributed by atoms with Gasteiger partial charge in [-0.2, -0.15) is 0 Å². The van der Waals surface area contributed by atoms with Crippen LogP contribution in [0.5, 0.6) is 0 Å². The average Bonchev–Trinajstić information content (AvgIpc) is 3.18. The summed E-state index contributed by atoms with van der Waals surface area (Å²) in [4.78, 5) is 51.7. The molecule has 4 atom stereocenters. The van der Waals surface area contributed by atoms with Crippen molar-refractivity contribution in [2.24, 2.45) is 11.8 Å². The maximum atomic E-state index is 12.7. The Morgan fingerprint density at radius 1 is 1.10 bits per heavy atom. The number of Topliss-reactive ketones (excluding diaryl/α,β-unsaturated/α-hetero) is 1. The van der Waals surface area contributed by atoms with Crippen LogP contribution < -0.4 is 0 Å². The van der Waals surface area contributed by atoms with Gasteiger partial charge in [0.05, 0.1) is 24.5 Å². The molecular weight excluding hydrogens is 400 g/mol. The number of amides is 2. The number of nitrogens with zero attached hydrogens (tertiary/aromatic N) is 2. The number of ether oxygens (including phenoxy) is 2. The third kappa shape index (κ3) is 4.31. The highest BCUT2D eigenvalue weighted by Gasteiger charge is 2.51. The molecule has 1 saturated heterocycles. The molecule has 1 aliphatic carbocycles. The van der Waals surface area contributed by atoms with Crippen LogP contribution in [0.4, 0.5) is 0 Å². The summed E-state index contributed by atoms with van der Waals surface area (Å²) in [6.45, 7) is 7.32. The zero-order chi connectivity index (χ0) is 22.9. The Bertz CT molecular complexity index is 865. The number of carbonyl (C=O) groups is 4. The summed E-state index contributed by atoms with van der Waals surface area (Å²) in [7, 11) is 1.63. The topological polar surface area (TPSA) is 94.9 Å². The molecule has 170 valence electrons. The molecule has 2 heterocycles. The maximum Gasteiger partial charge on any atom is 0.329 e. The van der Waals surface area contributed by atoms with Crippen LogP contribution in [-0.4, -0.2) is 59.4 Å². The summed E-state index contributed by atoms with van der Waals surface area (Å²) in [5, 5.41) is 0. The second-order valence-electron chi connectivity index (χ2n) is 8.71. The molecule has 2 fully saturated rings. The Kier molecular flexibility index (Phi) is 6.99. The van der Waals surface area contributed by atoms with Crippen LogP contribution in [0.3, 0.4) is 0 Å². The van der Waals surface area contributed by atoms with E-state index in [0.29, 0.717) is 25.0 Å². The number of esters is 1. The molecule has 2 amide bonds. The lowest BCUT2D eigenvalue weighted by Crippen LogP contribution is -2.44. The van der Waals surface area contributed by atoms with E-state index in [1.165, 1.54) is 6.92 Å². The van der Waals surface area contributed by atoms with E-state index < -0.39 is 18.6 Å². The van der Waals surface area contributed by atoms with Gasteiger partial charge in [-0.15, -0.1) is 0 Å². The van der Waals surface area contributed by atoms with Gasteiger partial charge in [0.2, 0.25) is 17.6 Å². The number of imide groups is 1. The zero-order valence-corrected chi connectivity index (χ0v) is 19.0. The number of aryl methyl sites for hydroxylation is 1. The number of rotatable bonds is 8. The van der Waals surface area contributed by atoms with Crippen LogP contribution in [0.1, 0.15) is 67.3 Å². The smallest absolute Gasteiger partial charge is 0.329 e. The minimum absolute atomic E-state index is 0.0600. The van der Waals surface area contributed by atoms with Crippen molar-refractivity contribution in [3.8, 4) is 0 Å². The Morgan fingerprint density at radius 3 is 2.23 bits per heavy atom. The lowest BCUT2D eigenvalue weighted by molar-refractivity contribution is -0.157. The van der Waals surface area contributed by atoms with Gasteiger partial charge in [0.25, 0.3) is 0 Å². The lowest BCUT2D eigenvalue weighted by Gasteiger charge is -2.21. The minimum atomic E-state index is -1.03. The van der Waals surface area contributed by atoms with Crippen molar-refractivity contribution in [1.82, 2.24) is 9.47 Å². The molecule has 0 N–H and O–H groups in total. The summed E-state index contributed by atoms with van der Waals surface area (Å²) in [6.07, 6.45) is 3.21. The molecule has 0 bridgehead atoms. The largest absolute Gasteiger partial charge is 0.456 e. The van der Waals surface area contributed by atoms with Crippen LogP contribution in [0, 0.1) is 25.7 Å². The van der Waals surface area contributed by atoms with Crippen LogP contribution in [0.25, 0.3) is 0 Å². The lowest BCUT2D eigenvalue weighted by atomic mass is 9.81. The van der Waals surface area contributed by atoms with E-state index in [1.54, 1.807) is 13.2 Å². The molecule has 0 spiro atoms. The first-order valence-electron chi connectivity index (χ1n) is 10.9. The Morgan fingerprint density at radius 2 is 1.68 bits per heavy atom. The van der Waals surface area contributed by atoms with Gasteiger partial charge in [0.15, 0.2) is 6.61 Å². The van der Waals surface area contributed by atoms with Crippen molar-refractivity contribution in [1.29, 1.82) is 0 Å². The van der Waals surface area contributed by atoms with Crippen molar-refractivity contribution in [2.75, 3.05) is 20.3 Å². The monoisotopic (exact) mass is 432 g/mol. The maximum absolute atomic E-state index is 12.7. The zero-order valence-electron chi connectivity index (χ0n) is 19.0. The summed E-state index contributed by atoms with van der Waals surface area (Å²) in [6, 6.07) is 0.802. The molecule has 0 radical (unpaired) electrons. The molecule has 1 aromatic rings. The van der Waals surface area contributed by atoms with Gasteiger partial charge in [-0.1, -0.05) is 12.8 Å². The van der Waals surface area contributed by atoms with Crippen molar-refractivity contribution >= 4 is 23.6 Å². The van der Waals surface area contributed by atoms with Gasteiger partial charge >= 0.3 is 5.97 Å². The summed E-state index contributed by atoms with van der Waals surface area (Å²) in [5.41, 5.74) is 2.19. The fraction of sp³-hybridized carbons (Fsp3) is 0.652. The molecule has 1 aliphatic heterocycles.